The van der Waals surface area contributed by atoms with Crippen LogP contribution < -0.4 is 10.6 Å². The molecule has 2 rings (SSSR count). The topological polar surface area (TPSA) is 29.3 Å². The van der Waals surface area contributed by atoms with Gasteiger partial charge in [0.15, 0.2) is 0 Å². The Hall–Kier alpha value is -1.23. The molecule has 19 heavy (non-hydrogen) atoms. The standard InChI is InChI=1S/C14H19F3N2/c1-10-5-7-19(9-10)12-3-2-11(4-6-18)13(8-12)14(15,16)17/h2-3,8,10H,4-7,9,18H2,1H3. The van der Waals surface area contributed by atoms with Crippen LogP contribution in [0.15, 0.2) is 18.2 Å². The minimum Gasteiger partial charge on any atom is -0.371 e. The predicted molar refractivity (Wildman–Crippen MR) is 70.2 cm³/mol. The lowest BCUT2D eigenvalue weighted by Crippen LogP contribution is -2.20. The SMILES string of the molecule is CC1CCN(c2ccc(CCN)c(C(F)(F)F)c2)C1. The molecule has 2 N–H and O–H groups in total. The highest BCUT2D eigenvalue weighted by atomic mass is 19.4. The zero-order valence-corrected chi connectivity index (χ0v) is 11.0. The Morgan fingerprint density at radius 1 is 1.37 bits per heavy atom. The van der Waals surface area contributed by atoms with Crippen molar-refractivity contribution in [2.45, 2.75) is 25.9 Å². The summed E-state index contributed by atoms with van der Waals surface area (Å²) in [5.41, 5.74) is 5.77. The van der Waals surface area contributed by atoms with E-state index in [0.29, 0.717) is 11.6 Å². The van der Waals surface area contributed by atoms with E-state index < -0.39 is 11.7 Å². The molecule has 0 radical (unpaired) electrons. The van der Waals surface area contributed by atoms with Gasteiger partial charge in [-0.1, -0.05) is 13.0 Å². The van der Waals surface area contributed by atoms with E-state index >= 15 is 0 Å². The molecule has 1 saturated heterocycles. The number of alkyl halides is 3. The van der Waals surface area contributed by atoms with E-state index in [-0.39, 0.29) is 18.5 Å². The van der Waals surface area contributed by atoms with Gasteiger partial charge in [-0.25, -0.2) is 0 Å². The van der Waals surface area contributed by atoms with E-state index in [0.717, 1.165) is 19.5 Å². The highest BCUT2D eigenvalue weighted by molar-refractivity contribution is 5.52. The highest BCUT2D eigenvalue weighted by Crippen LogP contribution is 2.35. The molecule has 1 heterocycles. The van der Waals surface area contributed by atoms with Gasteiger partial charge in [0.1, 0.15) is 0 Å². The van der Waals surface area contributed by atoms with Crippen LogP contribution in [-0.4, -0.2) is 19.6 Å². The van der Waals surface area contributed by atoms with Crippen LogP contribution in [0.4, 0.5) is 18.9 Å². The number of benzene rings is 1. The Bertz CT molecular complexity index is 443. The van der Waals surface area contributed by atoms with Gasteiger partial charge in [0, 0.05) is 18.8 Å². The lowest BCUT2D eigenvalue weighted by Gasteiger charge is -2.21. The zero-order valence-electron chi connectivity index (χ0n) is 11.0. The number of anilines is 1. The third kappa shape index (κ3) is 3.21. The third-order valence-electron chi connectivity index (χ3n) is 3.60. The first kappa shape index (κ1) is 14.2. The Morgan fingerprint density at radius 3 is 2.63 bits per heavy atom. The molecule has 1 aliphatic heterocycles. The second-order valence-corrected chi connectivity index (χ2v) is 5.22. The van der Waals surface area contributed by atoms with Gasteiger partial charge in [-0.3, -0.25) is 0 Å². The second kappa shape index (κ2) is 5.41. The van der Waals surface area contributed by atoms with Gasteiger partial charge in [-0.05, 0) is 43.0 Å². The summed E-state index contributed by atoms with van der Waals surface area (Å²) < 4.78 is 39.2. The van der Waals surface area contributed by atoms with E-state index in [2.05, 4.69) is 6.92 Å². The van der Waals surface area contributed by atoms with Crippen molar-refractivity contribution in [1.29, 1.82) is 0 Å². The first-order valence-corrected chi connectivity index (χ1v) is 6.57. The summed E-state index contributed by atoms with van der Waals surface area (Å²) in [7, 11) is 0. The van der Waals surface area contributed by atoms with Crippen LogP contribution in [0, 0.1) is 5.92 Å². The molecule has 1 aliphatic rings. The molecule has 1 atom stereocenters. The first-order chi connectivity index (χ1) is 8.91. The molecular weight excluding hydrogens is 253 g/mol. The normalized spacial score (nSPS) is 20.1. The van der Waals surface area contributed by atoms with E-state index in [4.69, 9.17) is 5.73 Å². The molecule has 0 aromatic heterocycles. The predicted octanol–water partition coefficient (Wildman–Crippen LogP) is 3.05. The van der Waals surface area contributed by atoms with Gasteiger partial charge in [0.05, 0.1) is 5.56 Å². The molecule has 1 fully saturated rings. The van der Waals surface area contributed by atoms with Gasteiger partial charge in [-0.15, -0.1) is 0 Å². The average Bonchev–Trinajstić information content (AvgIpc) is 2.75. The van der Waals surface area contributed by atoms with Crippen molar-refractivity contribution in [3.8, 4) is 0 Å². The van der Waals surface area contributed by atoms with Crippen LogP contribution in [0.1, 0.15) is 24.5 Å². The molecule has 1 unspecified atom stereocenters. The first-order valence-electron chi connectivity index (χ1n) is 6.57. The molecule has 5 heteroatoms. The smallest absolute Gasteiger partial charge is 0.371 e. The van der Waals surface area contributed by atoms with Crippen LogP contribution in [0.5, 0.6) is 0 Å². The monoisotopic (exact) mass is 272 g/mol. The molecule has 0 saturated carbocycles. The summed E-state index contributed by atoms with van der Waals surface area (Å²) in [4.78, 5) is 2.02. The molecule has 1 aromatic rings. The van der Waals surface area contributed by atoms with Crippen molar-refractivity contribution >= 4 is 5.69 Å². The van der Waals surface area contributed by atoms with Gasteiger partial charge in [0.2, 0.25) is 0 Å². The van der Waals surface area contributed by atoms with Crippen molar-refractivity contribution in [3.63, 3.8) is 0 Å². The molecule has 0 amide bonds. The Balaban J connectivity index is 2.32. The van der Waals surface area contributed by atoms with Crippen molar-refractivity contribution in [2.75, 3.05) is 24.5 Å². The molecular formula is C14H19F3N2. The van der Waals surface area contributed by atoms with Gasteiger partial charge >= 0.3 is 6.18 Å². The molecule has 0 bridgehead atoms. The molecule has 106 valence electrons. The van der Waals surface area contributed by atoms with E-state index in [1.54, 1.807) is 12.1 Å². The number of halogens is 3. The highest BCUT2D eigenvalue weighted by Gasteiger charge is 2.34. The van der Waals surface area contributed by atoms with Gasteiger partial charge in [-0.2, -0.15) is 13.2 Å². The summed E-state index contributed by atoms with van der Waals surface area (Å²) in [5.74, 6) is 0.540. The third-order valence-corrected chi connectivity index (χ3v) is 3.60. The molecule has 0 aliphatic carbocycles. The minimum absolute atomic E-state index is 0.225. The second-order valence-electron chi connectivity index (χ2n) is 5.22. The van der Waals surface area contributed by atoms with Crippen molar-refractivity contribution < 1.29 is 13.2 Å². The number of hydrogen-bond donors (Lipinski definition) is 1. The van der Waals surface area contributed by atoms with Crippen molar-refractivity contribution in [2.24, 2.45) is 11.7 Å². The van der Waals surface area contributed by atoms with Crippen molar-refractivity contribution in [3.05, 3.63) is 29.3 Å². The van der Waals surface area contributed by atoms with E-state index in [1.165, 1.54) is 6.07 Å². The summed E-state index contributed by atoms with van der Waals surface area (Å²) in [6.45, 7) is 4.00. The van der Waals surface area contributed by atoms with Crippen LogP contribution in [0.2, 0.25) is 0 Å². The number of hydrogen-bond acceptors (Lipinski definition) is 2. The van der Waals surface area contributed by atoms with Crippen LogP contribution in [0.3, 0.4) is 0 Å². The molecule has 1 aromatic carbocycles. The summed E-state index contributed by atoms with van der Waals surface area (Å²) in [5, 5.41) is 0. The molecule has 0 spiro atoms. The van der Waals surface area contributed by atoms with E-state index in [9.17, 15) is 13.2 Å². The minimum atomic E-state index is -4.31. The average molecular weight is 272 g/mol. The molecule has 2 nitrogen and oxygen atoms in total. The van der Waals surface area contributed by atoms with Crippen LogP contribution >= 0.6 is 0 Å². The van der Waals surface area contributed by atoms with Gasteiger partial charge in [0.25, 0.3) is 0 Å². The number of nitrogens with two attached hydrogens (primary N) is 1. The Morgan fingerprint density at radius 2 is 2.11 bits per heavy atom. The Kier molecular flexibility index (Phi) is 4.04. The lowest BCUT2D eigenvalue weighted by molar-refractivity contribution is -0.138. The largest absolute Gasteiger partial charge is 0.416 e. The van der Waals surface area contributed by atoms with Gasteiger partial charge < -0.3 is 10.6 Å². The Labute approximate surface area is 111 Å². The summed E-state index contributed by atoms with van der Waals surface area (Å²) in [6.07, 6.45) is -3.02. The number of nitrogens with zero attached hydrogens (tertiary/aromatic N) is 1. The maximum absolute atomic E-state index is 13.1. The fourth-order valence-electron chi connectivity index (χ4n) is 2.57. The summed E-state index contributed by atoms with van der Waals surface area (Å²) >= 11 is 0. The fraction of sp³-hybridized carbons (Fsp3) is 0.571. The summed E-state index contributed by atoms with van der Waals surface area (Å²) in [6, 6.07) is 4.61. The van der Waals surface area contributed by atoms with Crippen LogP contribution in [0.25, 0.3) is 0 Å². The maximum Gasteiger partial charge on any atom is 0.416 e. The maximum atomic E-state index is 13.1. The lowest BCUT2D eigenvalue weighted by atomic mass is 10.0. The number of rotatable bonds is 3. The van der Waals surface area contributed by atoms with E-state index in [1.807, 2.05) is 4.90 Å². The van der Waals surface area contributed by atoms with Crippen molar-refractivity contribution in [1.82, 2.24) is 0 Å². The van der Waals surface area contributed by atoms with Crippen LogP contribution in [-0.2, 0) is 12.6 Å². The quantitative estimate of drug-likeness (QED) is 0.916. The zero-order chi connectivity index (χ0) is 14.0. The fourth-order valence-corrected chi connectivity index (χ4v) is 2.57.